The predicted octanol–water partition coefficient (Wildman–Crippen LogP) is 2.92. The largest absolute Gasteiger partial charge is 0.494 e. The number of halogens is 1. The quantitative estimate of drug-likeness (QED) is 0.557. The zero-order valence-electron chi connectivity index (χ0n) is 14.9. The normalized spacial score (nSPS) is 10.6. The fraction of sp³-hybridized carbons (Fsp3) is 0.200. The van der Waals surface area contributed by atoms with E-state index < -0.39 is 15.8 Å². The number of methoxy groups -OCH3 is 1. The first kappa shape index (κ1) is 20.5. The van der Waals surface area contributed by atoms with Crippen LogP contribution in [-0.2, 0) is 16.4 Å². The number of allylic oxidation sites excluding steroid dienone is 1. The van der Waals surface area contributed by atoms with Crippen molar-refractivity contribution in [1.82, 2.24) is 4.72 Å². The van der Waals surface area contributed by atoms with E-state index in [9.17, 15) is 12.8 Å². The molecule has 27 heavy (non-hydrogen) atoms. The number of benzene rings is 2. The Balaban J connectivity index is 1.89. The molecular formula is C20H20FNO4S. The maximum atomic E-state index is 13.7. The van der Waals surface area contributed by atoms with Crippen LogP contribution in [0.5, 0.6) is 11.5 Å². The summed E-state index contributed by atoms with van der Waals surface area (Å²) in [5.74, 6) is 5.34. The van der Waals surface area contributed by atoms with Crippen LogP contribution in [0.3, 0.4) is 0 Å². The van der Waals surface area contributed by atoms with Crippen molar-refractivity contribution in [1.29, 1.82) is 0 Å². The van der Waals surface area contributed by atoms with Crippen LogP contribution in [0.1, 0.15) is 5.56 Å². The summed E-state index contributed by atoms with van der Waals surface area (Å²) in [5, 5.41) is 0. The monoisotopic (exact) mass is 389 g/mol. The van der Waals surface area contributed by atoms with Crippen molar-refractivity contribution < 1.29 is 22.3 Å². The van der Waals surface area contributed by atoms with Crippen LogP contribution in [-0.4, -0.2) is 28.7 Å². The lowest BCUT2D eigenvalue weighted by atomic mass is 10.1. The fourth-order valence-electron chi connectivity index (χ4n) is 2.22. The second-order valence-corrected chi connectivity index (χ2v) is 7.13. The topological polar surface area (TPSA) is 64.6 Å². The van der Waals surface area contributed by atoms with Crippen molar-refractivity contribution in [3.8, 4) is 23.3 Å². The standard InChI is InChI=1S/C20H20FNO4S/c1-3-8-16-9-4-5-10-19(16)26-14-7-6-13-22-27(23,24)17-11-12-20(25-2)18(21)15-17/h3-5,9-12,15,22H,1,8,13-14H2,2H3. The zero-order valence-corrected chi connectivity index (χ0v) is 15.7. The zero-order chi connectivity index (χ0) is 19.7. The van der Waals surface area contributed by atoms with E-state index in [1.54, 1.807) is 6.08 Å². The van der Waals surface area contributed by atoms with Crippen molar-refractivity contribution in [3.63, 3.8) is 0 Å². The average molecular weight is 389 g/mol. The van der Waals surface area contributed by atoms with Gasteiger partial charge in [-0.2, -0.15) is 4.72 Å². The highest BCUT2D eigenvalue weighted by Gasteiger charge is 2.15. The van der Waals surface area contributed by atoms with E-state index in [0.29, 0.717) is 12.2 Å². The highest BCUT2D eigenvalue weighted by Crippen LogP contribution is 2.20. The molecule has 0 saturated heterocycles. The Morgan fingerprint density at radius 1 is 1.19 bits per heavy atom. The summed E-state index contributed by atoms with van der Waals surface area (Å²) in [7, 11) is -2.56. The summed E-state index contributed by atoms with van der Waals surface area (Å²) in [6.07, 6.45) is 2.46. The van der Waals surface area contributed by atoms with Crippen molar-refractivity contribution in [3.05, 3.63) is 66.5 Å². The molecule has 2 aromatic carbocycles. The summed E-state index contributed by atoms with van der Waals surface area (Å²) in [6.45, 7) is 3.70. The van der Waals surface area contributed by atoms with Crippen LogP contribution in [0.4, 0.5) is 4.39 Å². The molecule has 0 heterocycles. The lowest BCUT2D eigenvalue weighted by Gasteiger charge is -2.07. The molecule has 5 nitrogen and oxygen atoms in total. The van der Waals surface area contributed by atoms with Crippen molar-refractivity contribution >= 4 is 10.0 Å². The molecule has 2 rings (SSSR count). The number of para-hydroxylation sites is 1. The first-order chi connectivity index (χ1) is 13.0. The van der Waals surface area contributed by atoms with Gasteiger partial charge in [-0.15, -0.1) is 6.58 Å². The molecule has 0 aromatic heterocycles. The van der Waals surface area contributed by atoms with Crippen molar-refractivity contribution in [2.45, 2.75) is 11.3 Å². The van der Waals surface area contributed by atoms with Gasteiger partial charge in [-0.1, -0.05) is 36.1 Å². The molecular weight excluding hydrogens is 369 g/mol. The lowest BCUT2D eigenvalue weighted by Crippen LogP contribution is -2.24. The van der Waals surface area contributed by atoms with Crippen LogP contribution in [0, 0.1) is 17.7 Å². The fourth-order valence-corrected chi connectivity index (χ4v) is 3.16. The molecule has 2 aromatic rings. The van der Waals surface area contributed by atoms with Gasteiger partial charge in [-0.25, -0.2) is 12.8 Å². The van der Waals surface area contributed by atoms with Gasteiger partial charge < -0.3 is 9.47 Å². The third-order valence-corrected chi connectivity index (χ3v) is 4.94. The van der Waals surface area contributed by atoms with Gasteiger partial charge in [-0.05, 0) is 36.2 Å². The highest BCUT2D eigenvalue weighted by molar-refractivity contribution is 7.89. The van der Waals surface area contributed by atoms with E-state index in [4.69, 9.17) is 9.47 Å². The molecule has 0 unspecified atom stereocenters. The van der Waals surface area contributed by atoms with Crippen LogP contribution >= 0.6 is 0 Å². The molecule has 0 spiro atoms. The second kappa shape index (κ2) is 9.76. The molecule has 1 N–H and O–H groups in total. The van der Waals surface area contributed by atoms with E-state index in [0.717, 1.165) is 11.6 Å². The second-order valence-electron chi connectivity index (χ2n) is 5.36. The molecule has 0 amide bonds. The molecule has 0 aliphatic rings. The average Bonchev–Trinajstić information content (AvgIpc) is 2.66. The molecule has 0 atom stereocenters. The number of ether oxygens (including phenoxy) is 2. The third-order valence-electron chi connectivity index (χ3n) is 3.55. The first-order valence-corrected chi connectivity index (χ1v) is 9.56. The Hall–Kier alpha value is -2.82. The van der Waals surface area contributed by atoms with Crippen LogP contribution in [0.25, 0.3) is 0 Å². The Kier molecular flexibility index (Phi) is 7.41. The van der Waals surface area contributed by atoms with E-state index in [1.165, 1.54) is 19.2 Å². The third kappa shape index (κ3) is 5.84. The number of rotatable bonds is 8. The van der Waals surface area contributed by atoms with Gasteiger partial charge in [0.25, 0.3) is 0 Å². The number of nitrogens with one attached hydrogen (secondary N) is 1. The molecule has 0 aliphatic heterocycles. The minimum absolute atomic E-state index is 0.0253. The number of hydrogen-bond acceptors (Lipinski definition) is 4. The minimum atomic E-state index is -3.86. The molecule has 142 valence electrons. The van der Waals surface area contributed by atoms with Gasteiger partial charge in [0.2, 0.25) is 10.0 Å². The Morgan fingerprint density at radius 3 is 2.67 bits per heavy atom. The van der Waals surface area contributed by atoms with Crippen molar-refractivity contribution in [2.75, 3.05) is 20.3 Å². The maximum Gasteiger partial charge on any atom is 0.241 e. The van der Waals surface area contributed by atoms with E-state index >= 15 is 0 Å². The predicted molar refractivity (Wildman–Crippen MR) is 102 cm³/mol. The summed E-state index contributed by atoms with van der Waals surface area (Å²) >= 11 is 0. The lowest BCUT2D eigenvalue weighted by molar-refractivity contribution is 0.366. The van der Waals surface area contributed by atoms with E-state index in [1.807, 2.05) is 24.3 Å². The summed E-state index contributed by atoms with van der Waals surface area (Å²) in [5.41, 5.74) is 0.997. The van der Waals surface area contributed by atoms with Crippen LogP contribution in [0.2, 0.25) is 0 Å². The van der Waals surface area contributed by atoms with Gasteiger partial charge in [0.05, 0.1) is 18.6 Å². The van der Waals surface area contributed by atoms with Crippen LogP contribution in [0.15, 0.2) is 60.0 Å². The smallest absolute Gasteiger partial charge is 0.241 e. The Labute approximate surface area is 158 Å². The van der Waals surface area contributed by atoms with Crippen molar-refractivity contribution in [2.24, 2.45) is 0 Å². The Morgan fingerprint density at radius 2 is 1.96 bits per heavy atom. The van der Waals surface area contributed by atoms with Gasteiger partial charge in [0, 0.05) is 0 Å². The molecule has 0 bridgehead atoms. The van der Waals surface area contributed by atoms with Gasteiger partial charge >= 0.3 is 0 Å². The van der Waals surface area contributed by atoms with E-state index in [2.05, 4.69) is 23.1 Å². The number of hydrogen-bond donors (Lipinski definition) is 1. The molecule has 0 fully saturated rings. The summed E-state index contributed by atoms with van der Waals surface area (Å²) in [4.78, 5) is -0.197. The molecule has 0 aliphatic carbocycles. The van der Waals surface area contributed by atoms with Gasteiger partial charge in [-0.3, -0.25) is 0 Å². The summed E-state index contributed by atoms with van der Waals surface area (Å²) in [6, 6.07) is 11.0. The molecule has 7 heteroatoms. The van der Waals surface area contributed by atoms with E-state index in [-0.39, 0.29) is 23.8 Å². The Bertz CT molecular complexity index is 961. The SMILES string of the molecule is C=CCc1ccccc1OCC#CCNS(=O)(=O)c1ccc(OC)c(F)c1. The van der Waals surface area contributed by atoms with Gasteiger partial charge in [0.15, 0.2) is 11.6 Å². The maximum absolute atomic E-state index is 13.7. The first-order valence-electron chi connectivity index (χ1n) is 8.08. The minimum Gasteiger partial charge on any atom is -0.494 e. The molecule has 0 saturated carbocycles. The molecule has 0 radical (unpaired) electrons. The summed E-state index contributed by atoms with van der Waals surface area (Å²) < 4.78 is 50.6. The van der Waals surface area contributed by atoms with Gasteiger partial charge in [0.1, 0.15) is 12.4 Å². The highest BCUT2D eigenvalue weighted by atomic mass is 32.2. The number of sulfonamides is 1. The van der Waals surface area contributed by atoms with Crippen LogP contribution < -0.4 is 14.2 Å².